The number of anilines is 1. The summed E-state index contributed by atoms with van der Waals surface area (Å²) >= 11 is 1.89. The fourth-order valence-electron chi connectivity index (χ4n) is 2.87. The van der Waals surface area contributed by atoms with Gasteiger partial charge < -0.3 is 15.4 Å². The summed E-state index contributed by atoms with van der Waals surface area (Å²) in [7, 11) is 0. The van der Waals surface area contributed by atoms with Gasteiger partial charge in [0.05, 0.1) is 11.6 Å². The monoisotopic (exact) mass is 310 g/mol. The van der Waals surface area contributed by atoms with Crippen LogP contribution >= 0.6 is 11.8 Å². The van der Waals surface area contributed by atoms with Crippen molar-refractivity contribution in [2.75, 3.05) is 36.0 Å². The van der Waals surface area contributed by atoms with Gasteiger partial charge in [-0.05, 0) is 17.7 Å². The Morgan fingerprint density at radius 1 is 1.38 bits per heavy atom. The van der Waals surface area contributed by atoms with Crippen molar-refractivity contribution >= 4 is 23.4 Å². The third-order valence-electron chi connectivity index (χ3n) is 4.05. The summed E-state index contributed by atoms with van der Waals surface area (Å²) in [5, 5.41) is 0. The number of hydrogen-bond acceptors (Lipinski definition) is 5. The Bertz CT molecular complexity index is 534. The summed E-state index contributed by atoms with van der Waals surface area (Å²) in [4.78, 5) is 13.9. The molecule has 1 aromatic carbocycles. The van der Waals surface area contributed by atoms with E-state index >= 15 is 0 Å². The molecule has 2 aliphatic heterocycles. The lowest BCUT2D eigenvalue weighted by Gasteiger charge is -2.29. The Kier molecular flexibility index (Phi) is 4.35. The first kappa shape index (κ1) is 14.7. The number of esters is 1. The van der Waals surface area contributed by atoms with Gasteiger partial charge in [0, 0.05) is 37.6 Å². The van der Waals surface area contributed by atoms with Crippen molar-refractivity contribution in [3.05, 3.63) is 29.6 Å². The number of nitrogens with two attached hydrogens (primary N) is 1. The molecule has 0 aromatic heterocycles. The highest BCUT2D eigenvalue weighted by molar-refractivity contribution is 7.99. The van der Waals surface area contributed by atoms with Crippen LogP contribution in [0.5, 0.6) is 0 Å². The fourth-order valence-corrected chi connectivity index (χ4v) is 3.77. The smallest absolute Gasteiger partial charge is 0.313 e. The summed E-state index contributed by atoms with van der Waals surface area (Å²) in [5.41, 5.74) is 6.84. The maximum absolute atomic E-state index is 14.4. The molecular weight excluding hydrogens is 291 g/mol. The molecule has 0 aliphatic carbocycles. The van der Waals surface area contributed by atoms with Crippen LogP contribution in [0.15, 0.2) is 18.2 Å². The Labute approximate surface area is 127 Å². The van der Waals surface area contributed by atoms with Gasteiger partial charge >= 0.3 is 5.97 Å². The van der Waals surface area contributed by atoms with E-state index in [0.717, 1.165) is 24.6 Å². The fraction of sp³-hybridized carbons (Fsp3) is 0.533. The minimum Gasteiger partial charge on any atom is -0.461 e. The number of nitrogens with zero attached hydrogens (tertiary/aromatic N) is 1. The molecule has 0 bridgehead atoms. The maximum atomic E-state index is 14.4. The van der Waals surface area contributed by atoms with Gasteiger partial charge in [-0.2, -0.15) is 11.8 Å². The van der Waals surface area contributed by atoms with Gasteiger partial charge in [0.2, 0.25) is 0 Å². The van der Waals surface area contributed by atoms with Crippen molar-refractivity contribution in [1.82, 2.24) is 0 Å². The molecular formula is C15H19FN2O2S. The van der Waals surface area contributed by atoms with E-state index in [0.29, 0.717) is 24.2 Å². The predicted molar refractivity (Wildman–Crippen MR) is 82.2 cm³/mol. The molecule has 114 valence electrons. The molecule has 6 heteroatoms. The van der Waals surface area contributed by atoms with E-state index < -0.39 is 0 Å². The van der Waals surface area contributed by atoms with Crippen molar-refractivity contribution < 1.29 is 13.9 Å². The summed E-state index contributed by atoms with van der Waals surface area (Å²) in [5.74, 6) is 1.09. The molecule has 1 unspecified atom stereocenters. The highest BCUT2D eigenvalue weighted by Crippen LogP contribution is 2.33. The topological polar surface area (TPSA) is 55.6 Å². The van der Waals surface area contributed by atoms with Crippen LogP contribution in [0.4, 0.5) is 10.1 Å². The molecule has 2 atom stereocenters. The molecule has 0 amide bonds. The summed E-state index contributed by atoms with van der Waals surface area (Å²) in [6.07, 6.45) is 0.290. The third-order valence-corrected chi connectivity index (χ3v) is 5.00. The lowest BCUT2D eigenvalue weighted by molar-refractivity contribution is -0.142. The number of hydrogen-bond donors (Lipinski definition) is 1. The first-order chi connectivity index (χ1) is 10.2. The second-order valence-corrected chi connectivity index (χ2v) is 6.62. The average Bonchev–Trinajstić information content (AvgIpc) is 2.89. The number of halogens is 1. The summed E-state index contributed by atoms with van der Waals surface area (Å²) in [6, 6.07) is 5.09. The van der Waals surface area contributed by atoms with Gasteiger partial charge in [-0.15, -0.1) is 0 Å². The van der Waals surface area contributed by atoms with E-state index in [1.54, 1.807) is 6.07 Å². The second-order valence-electron chi connectivity index (χ2n) is 5.39. The van der Waals surface area contributed by atoms with Crippen molar-refractivity contribution in [3.63, 3.8) is 0 Å². The first-order valence-electron chi connectivity index (χ1n) is 7.21. The van der Waals surface area contributed by atoms with Crippen LogP contribution in [0, 0.1) is 5.82 Å². The molecule has 1 aromatic rings. The lowest BCUT2D eigenvalue weighted by Crippen LogP contribution is -2.33. The van der Waals surface area contributed by atoms with Gasteiger partial charge in [0.1, 0.15) is 11.9 Å². The largest absolute Gasteiger partial charge is 0.461 e. The maximum Gasteiger partial charge on any atom is 0.313 e. The Balaban J connectivity index is 1.79. The zero-order valence-electron chi connectivity index (χ0n) is 11.8. The van der Waals surface area contributed by atoms with Crippen LogP contribution in [-0.4, -0.2) is 43.2 Å². The normalized spacial score (nSPS) is 26.0. The number of thioether (sulfide) groups is 1. The second kappa shape index (κ2) is 6.23. The highest BCUT2D eigenvalue weighted by atomic mass is 32.2. The zero-order valence-corrected chi connectivity index (χ0v) is 12.6. The van der Waals surface area contributed by atoms with Crippen molar-refractivity contribution in [2.24, 2.45) is 5.73 Å². The van der Waals surface area contributed by atoms with Gasteiger partial charge in [-0.1, -0.05) is 6.07 Å². The molecule has 4 nitrogen and oxygen atoms in total. The summed E-state index contributed by atoms with van der Waals surface area (Å²) in [6.45, 7) is 2.04. The average molecular weight is 310 g/mol. The number of ether oxygens (including phenoxy) is 1. The number of cyclic esters (lactones) is 1. The molecule has 3 rings (SSSR count). The van der Waals surface area contributed by atoms with Crippen LogP contribution < -0.4 is 10.6 Å². The Hall–Kier alpha value is -1.27. The summed E-state index contributed by atoms with van der Waals surface area (Å²) < 4.78 is 19.5. The van der Waals surface area contributed by atoms with Crippen LogP contribution in [0.1, 0.15) is 17.9 Å². The first-order valence-corrected chi connectivity index (χ1v) is 8.37. The van der Waals surface area contributed by atoms with Gasteiger partial charge in [0.15, 0.2) is 0 Å². The standard InChI is InChI=1S/C15H19FN2O2S/c16-13-7-10(12-8-11(9-17)20-15(12)19)1-2-14(13)18-3-5-21-6-4-18/h1-2,7,11-12H,3-6,8-9,17H2/t11-,12?/m1/s1. The lowest BCUT2D eigenvalue weighted by atomic mass is 9.95. The molecule has 21 heavy (non-hydrogen) atoms. The predicted octanol–water partition coefficient (Wildman–Crippen LogP) is 1.74. The number of carbonyl (C=O) groups is 1. The van der Waals surface area contributed by atoms with E-state index in [4.69, 9.17) is 10.5 Å². The molecule has 2 heterocycles. The SMILES string of the molecule is NC[C@H]1CC(c2ccc(N3CCSCC3)c(F)c2)C(=O)O1. The van der Waals surface area contributed by atoms with Gasteiger partial charge in [-0.3, -0.25) is 4.79 Å². The third kappa shape index (κ3) is 3.01. The quantitative estimate of drug-likeness (QED) is 0.862. The molecule has 2 aliphatic rings. The van der Waals surface area contributed by atoms with Crippen molar-refractivity contribution in [2.45, 2.75) is 18.4 Å². The van der Waals surface area contributed by atoms with Crippen LogP contribution in [0.2, 0.25) is 0 Å². The molecule has 2 saturated heterocycles. The minimum absolute atomic E-state index is 0.246. The van der Waals surface area contributed by atoms with E-state index in [1.165, 1.54) is 6.07 Å². The van der Waals surface area contributed by atoms with E-state index in [1.807, 2.05) is 17.8 Å². The van der Waals surface area contributed by atoms with Crippen molar-refractivity contribution in [3.8, 4) is 0 Å². The van der Waals surface area contributed by atoms with E-state index in [-0.39, 0.29) is 23.8 Å². The van der Waals surface area contributed by atoms with Crippen LogP contribution in [0.3, 0.4) is 0 Å². The minimum atomic E-state index is -0.390. The zero-order chi connectivity index (χ0) is 14.8. The van der Waals surface area contributed by atoms with Gasteiger partial charge in [0.25, 0.3) is 0 Å². The van der Waals surface area contributed by atoms with Gasteiger partial charge in [-0.25, -0.2) is 4.39 Å². The number of carbonyl (C=O) groups excluding carboxylic acids is 1. The Morgan fingerprint density at radius 2 is 2.14 bits per heavy atom. The Morgan fingerprint density at radius 3 is 2.76 bits per heavy atom. The highest BCUT2D eigenvalue weighted by Gasteiger charge is 2.35. The number of benzene rings is 1. The molecule has 2 fully saturated rings. The molecule has 0 spiro atoms. The van der Waals surface area contributed by atoms with Crippen LogP contribution in [-0.2, 0) is 9.53 Å². The van der Waals surface area contributed by atoms with Crippen LogP contribution in [0.25, 0.3) is 0 Å². The molecule has 0 radical (unpaired) electrons. The molecule has 0 saturated carbocycles. The van der Waals surface area contributed by atoms with Crippen molar-refractivity contribution in [1.29, 1.82) is 0 Å². The van der Waals surface area contributed by atoms with E-state index in [9.17, 15) is 9.18 Å². The number of rotatable bonds is 3. The van der Waals surface area contributed by atoms with E-state index in [2.05, 4.69) is 4.90 Å². The molecule has 2 N–H and O–H groups in total.